The average molecular weight is 465 g/mol. The first kappa shape index (κ1) is 26.3. The Balaban J connectivity index is 2.17. The van der Waals surface area contributed by atoms with Crippen molar-refractivity contribution >= 4 is 17.9 Å². The molecular formula is C27H28O7. The van der Waals surface area contributed by atoms with Gasteiger partial charge in [-0.15, -0.1) is 0 Å². The Morgan fingerprint density at radius 2 is 1.29 bits per heavy atom. The highest BCUT2D eigenvalue weighted by Crippen LogP contribution is 2.34. The van der Waals surface area contributed by atoms with E-state index >= 15 is 0 Å². The maximum Gasteiger partial charge on any atom is 0.338 e. The standard InChI is InChI=1S/C27H28O7/c1-17(2)16-31-13-14-32-27(30)21-9-7-20(8-10-21)22-11-12-23(33-25(28)18(3)4)24(15-22)34-26(29)19(5)6/h7-12,15H,1,3,5,13-14,16H2,2,4,6H3. The number of ether oxygens (including phenoxy) is 4. The molecule has 2 aromatic carbocycles. The zero-order valence-corrected chi connectivity index (χ0v) is 19.6. The van der Waals surface area contributed by atoms with Crippen LogP contribution < -0.4 is 9.47 Å². The first-order valence-electron chi connectivity index (χ1n) is 10.5. The Morgan fingerprint density at radius 3 is 1.85 bits per heavy atom. The number of rotatable bonds is 11. The third-order valence-electron chi connectivity index (χ3n) is 4.31. The molecule has 2 aromatic rings. The lowest BCUT2D eigenvalue weighted by atomic mass is 10.0. The zero-order chi connectivity index (χ0) is 25.3. The Bertz CT molecular complexity index is 1110. The van der Waals surface area contributed by atoms with Crippen molar-refractivity contribution in [2.24, 2.45) is 0 Å². The minimum absolute atomic E-state index is 0.0540. The predicted molar refractivity (Wildman–Crippen MR) is 129 cm³/mol. The third kappa shape index (κ3) is 7.86. The van der Waals surface area contributed by atoms with Crippen molar-refractivity contribution in [3.63, 3.8) is 0 Å². The van der Waals surface area contributed by atoms with Gasteiger partial charge in [0, 0.05) is 11.1 Å². The van der Waals surface area contributed by atoms with Gasteiger partial charge in [0.05, 0.1) is 18.8 Å². The molecule has 0 aromatic heterocycles. The molecule has 0 heterocycles. The normalized spacial score (nSPS) is 10.2. The van der Waals surface area contributed by atoms with Gasteiger partial charge in [-0.2, -0.15) is 0 Å². The summed E-state index contributed by atoms with van der Waals surface area (Å²) in [7, 11) is 0. The lowest BCUT2D eigenvalue weighted by Gasteiger charge is -2.13. The molecule has 0 N–H and O–H groups in total. The first-order chi connectivity index (χ1) is 16.1. The van der Waals surface area contributed by atoms with E-state index in [9.17, 15) is 14.4 Å². The van der Waals surface area contributed by atoms with Crippen molar-refractivity contribution in [1.82, 2.24) is 0 Å². The Morgan fingerprint density at radius 1 is 0.735 bits per heavy atom. The van der Waals surface area contributed by atoms with Crippen LogP contribution in [-0.4, -0.2) is 37.7 Å². The molecule has 0 radical (unpaired) electrons. The van der Waals surface area contributed by atoms with Crippen molar-refractivity contribution < 1.29 is 33.3 Å². The second-order valence-corrected chi connectivity index (χ2v) is 7.72. The second-order valence-electron chi connectivity index (χ2n) is 7.72. The van der Waals surface area contributed by atoms with Crippen LogP contribution in [0.3, 0.4) is 0 Å². The van der Waals surface area contributed by atoms with Crippen LogP contribution in [0.4, 0.5) is 0 Å². The summed E-state index contributed by atoms with van der Waals surface area (Å²) in [5.41, 5.74) is 3.08. The fourth-order valence-electron chi connectivity index (χ4n) is 2.55. The van der Waals surface area contributed by atoms with Gasteiger partial charge in [0.15, 0.2) is 11.5 Å². The van der Waals surface area contributed by atoms with Crippen molar-refractivity contribution in [3.05, 3.63) is 84.5 Å². The monoisotopic (exact) mass is 464 g/mol. The van der Waals surface area contributed by atoms with Crippen LogP contribution in [0.2, 0.25) is 0 Å². The van der Waals surface area contributed by atoms with E-state index < -0.39 is 17.9 Å². The summed E-state index contributed by atoms with van der Waals surface area (Å²) in [4.78, 5) is 36.2. The third-order valence-corrected chi connectivity index (χ3v) is 4.31. The summed E-state index contributed by atoms with van der Waals surface area (Å²) in [5, 5.41) is 0. The number of carbonyl (C=O) groups excluding carboxylic acids is 3. The molecule has 0 amide bonds. The summed E-state index contributed by atoms with van der Waals surface area (Å²) < 4.78 is 21.1. The van der Waals surface area contributed by atoms with Crippen LogP contribution in [0, 0.1) is 0 Å². The van der Waals surface area contributed by atoms with E-state index in [2.05, 4.69) is 19.7 Å². The maximum absolute atomic E-state index is 12.2. The van der Waals surface area contributed by atoms with E-state index in [0.29, 0.717) is 17.7 Å². The molecule has 7 nitrogen and oxygen atoms in total. The summed E-state index contributed by atoms with van der Waals surface area (Å²) in [6, 6.07) is 11.5. The smallest absolute Gasteiger partial charge is 0.338 e. The topological polar surface area (TPSA) is 88.1 Å². The summed E-state index contributed by atoms with van der Waals surface area (Å²) >= 11 is 0. The van der Waals surface area contributed by atoms with Gasteiger partial charge in [-0.05, 0) is 56.2 Å². The number of hydrogen-bond acceptors (Lipinski definition) is 7. The van der Waals surface area contributed by atoms with Crippen LogP contribution in [-0.2, 0) is 19.1 Å². The van der Waals surface area contributed by atoms with Gasteiger partial charge in [-0.3, -0.25) is 0 Å². The Kier molecular flexibility index (Phi) is 9.52. The molecule has 0 aliphatic heterocycles. The van der Waals surface area contributed by atoms with E-state index in [0.717, 1.165) is 11.1 Å². The lowest BCUT2D eigenvalue weighted by Crippen LogP contribution is -2.13. The minimum Gasteiger partial charge on any atom is -0.460 e. The SMILES string of the molecule is C=C(C)COCCOC(=O)c1ccc(-c2ccc(OC(=O)C(=C)C)c(OC(=O)C(=C)C)c2)cc1. The molecule has 0 unspecified atom stereocenters. The molecule has 0 aliphatic carbocycles. The van der Waals surface area contributed by atoms with Crippen LogP contribution in [0.15, 0.2) is 78.9 Å². The zero-order valence-electron chi connectivity index (χ0n) is 19.6. The van der Waals surface area contributed by atoms with Gasteiger partial charge >= 0.3 is 17.9 Å². The highest BCUT2D eigenvalue weighted by Gasteiger charge is 2.16. The molecule has 0 fully saturated rings. The minimum atomic E-state index is -0.657. The highest BCUT2D eigenvalue weighted by molar-refractivity contribution is 5.92. The molecule has 0 atom stereocenters. The van der Waals surface area contributed by atoms with Crippen molar-refractivity contribution in [2.45, 2.75) is 20.8 Å². The molecule has 7 heteroatoms. The van der Waals surface area contributed by atoms with Gasteiger partial charge in [0.1, 0.15) is 6.61 Å². The van der Waals surface area contributed by atoms with Crippen LogP contribution in [0.5, 0.6) is 11.5 Å². The molecule has 0 saturated carbocycles. The second kappa shape index (κ2) is 12.3. The lowest BCUT2D eigenvalue weighted by molar-refractivity contribution is -0.132. The molecule has 0 saturated heterocycles. The van der Waals surface area contributed by atoms with Gasteiger partial charge < -0.3 is 18.9 Å². The van der Waals surface area contributed by atoms with E-state index in [-0.39, 0.29) is 35.9 Å². The maximum atomic E-state index is 12.2. The van der Waals surface area contributed by atoms with E-state index in [4.69, 9.17) is 18.9 Å². The number of carbonyl (C=O) groups is 3. The van der Waals surface area contributed by atoms with Crippen molar-refractivity contribution in [1.29, 1.82) is 0 Å². The first-order valence-corrected chi connectivity index (χ1v) is 10.5. The molecule has 0 spiro atoms. The fraction of sp³-hybridized carbons (Fsp3) is 0.222. The van der Waals surface area contributed by atoms with Crippen LogP contribution in [0.1, 0.15) is 31.1 Å². The fourth-order valence-corrected chi connectivity index (χ4v) is 2.55. The van der Waals surface area contributed by atoms with Gasteiger partial charge in [0.2, 0.25) is 0 Å². The molecule has 2 rings (SSSR count). The summed E-state index contributed by atoms with van der Waals surface area (Å²) in [6.07, 6.45) is 0. The quantitative estimate of drug-likeness (QED) is 0.151. The van der Waals surface area contributed by atoms with Gasteiger partial charge in [-0.1, -0.05) is 43.5 Å². The van der Waals surface area contributed by atoms with Crippen LogP contribution >= 0.6 is 0 Å². The number of hydrogen-bond donors (Lipinski definition) is 0. The van der Waals surface area contributed by atoms with E-state index in [1.54, 1.807) is 36.4 Å². The summed E-state index contributed by atoms with van der Waals surface area (Å²) in [5.74, 6) is -1.65. The van der Waals surface area contributed by atoms with Crippen molar-refractivity contribution in [2.75, 3.05) is 19.8 Å². The van der Waals surface area contributed by atoms with Gasteiger partial charge in [-0.25, -0.2) is 14.4 Å². The van der Waals surface area contributed by atoms with Crippen LogP contribution in [0.25, 0.3) is 11.1 Å². The average Bonchev–Trinajstić information content (AvgIpc) is 2.79. The Labute approximate surface area is 199 Å². The summed E-state index contributed by atoms with van der Waals surface area (Å²) in [6.45, 7) is 16.6. The molecule has 178 valence electrons. The predicted octanol–water partition coefficient (Wildman–Crippen LogP) is 5.07. The Hall–Kier alpha value is -3.97. The largest absolute Gasteiger partial charge is 0.460 e. The molecule has 0 bridgehead atoms. The van der Waals surface area contributed by atoms with Crippen molar-refractivity contribution in [3.8, 4) is 22.6 Å². The van der Waals surface area contributed by atoms with E-state index in [1.807, 2.05) is 6.92 Å². The number of esters is 3. The molecule has 34 heavy (non-hydrogen) atoms. The highest BCUT2D eigenvalue weighted by atomic mass is 16.6. The molecular weight excluding hydrogens is 436 g/mol. The molecule has 0 aliphatic rings. The van der Waals surface area contributed by atoms with E-state index in [1.165, 1.54) is 19.9 Å². The van der Waals surface area contributed by atoms with Gasteiger partial charge in [0.25, 0.3) is 0 Å². The number of benzene rings is 2.